The van der Waals surface area contributed by atoms with Gasteiger partial charge in [0.1, 0.15) is 11.9 Å². The van der Waals surface area contributed by atoms with E-state index in [-0.39, 0.29) is 17.7 Å². The van der Waals surface area contributed by atoms with E-state index in [1.807, 2.05) is 6.92 Å². The highest BCUT2D eigenvalue weighted by Gasteiger charge is 2.35. The maximum absolute atomic E-state index is 13.5. The van der Waals surface area contributed by atoms with Crippen molar-refractivity contribution in [3.8, 4) is 0 Å². The molecule has 4 nitrogen and oxygen atoms in total. The van der Waals surface area contributed by atoms with Gasteiger partial charge in [-0.05, 0) is 62.3 Å². The van der Waals surface area contributed by atoms with Crippen molar-refractivity contribution in [2.24, 2.45) is 0 Å². The Morgan fingerprint density at radius 2 is 2.17 bits per heavy atom. The molecule has 3 rings (SSSR count). The van der Waals surface area contributed by atoms with Gasteiger partial charge in [0, 0.05) is 11.2 Å². The lowest BCUT2D eigenvalue weighted by molar-refractivity contribution is -0.149. The predicted octanol–water partition coefficient (Wildman–Crippen LogP) is 3.91. The summed E-state index contributed by atoms with van der Waals surface area (Å²) in [6.07, 6.45) is 2.41. The number of ether oxygens (including phenoxy) is 1. The topological polar surface area (TPSA) is 46.6 Å². The van der Waals surface area contributed by atoms with Gasteiger partial charge in [-0.3, -0.25) is 4.79 Å². The van der Waals surface area contributed by atoms with Crippen LogP contribution in [0.5, 0.6) is 0 Å². The van der Waals surface area contributed by atoms with Crippen LogP contribution in [-0.4, -0.2) is 36.0 Å². The number of aryl methyl sites for hydroxylation is 1. The molecule has 1 atom stereocenters. The first kappa shape index (κ1) is 16.9. The molecule has 24 heavy (non-hydrogen) atoms. The Hall–Kier alpha value is -1.95. The molecule has 1 fully saturated rings. The minimum atomic E-state index is -0.521. The standard InChI is InChI=1S/C18H20FNO3S/c1-3-23-18(22)14-6-4-5-9-20(14)17(21)16-11(2)13-10-12(19)7-8-15(13)24-16/h7-8,10,14H,3-6,9H2,1-2H3. The van der Waals surface area contributed by atoms with Gasteiger partial charge in [-0.1, -0.05) is 0 Å². The molecule has 0 spiro atoms. The fraction of sp³-hybridized carbons (Fsp3) is 0.444. The van der Waals surface area contributed by atoms with Crippen LogP contribution in [0.4, 0.5) is 4.39 Å². The van der Waals surface area contributed by atoms with Gasteiger partial charge in [-0.2, -0.15) is 0 Å². The Kier molecular flexibility index (Phi) is 4.85. The Balaban J connectivity index is 1.94. The Bertz CT molecular complexity index is 786. The van der Waals surface area contributed by atoms with E-state index in [2.05, 4.69) is 0 Å². The Labute approximate surface area is 144 Å². The lowest BCUT2D eigenvalue weighted by Gasteiger charge is -2.33. The van der Waals surface area contributed by atoms with E-state index in [9.17, 15) is 14.0 Å². The van der Waals surface area contributed by atoms with E-state index in [4.69, 9.17) is 4.74 Å². The summed E-state index contributed by atoms with van der Waals surface area (Å²) in [7, 11) is 0. The van der Waals surface area contributed by atoms with Crippen LogP contribution >= 0.6 is 11.3 Å². The van der Waals surface area contributed by atoms with Gasteiger partial charge in [-0.25, -0.2) is 9.18 Å². The van der Waals surface area contributed by atoms with Crippen molar-refractivity contribution in [2.45, 2.75) is 39.2 Å². The summed E-state index contributed by atoms with van der Waals surface area (Å²) in [6, 6.07) is 4.02. The molecular weight excluding hydrogens is 329 g/mol. The van der Waals surface area contributed by atoms with E-state index >= 15 is 0 Å². The average molecular weight is 349 g/mol. The number of rotatable bonds is 3. The third-order valence-electron chi connectivity index (χ3n) is 4.41. The van der Waals surface area contributed by atoms with Crippen molar-refractivity contribution in [2.75, 3.05) is 13.2 Å². The summed E-state index contributed by atoms with van der Waals surface area (Å²) >= 11 is 1.35. The molecule has 2 heterocycles. The molecule has 1 aliphatic heterocycles. The van der Waals surface area contributed by atoms with Gasteiger partial charge in [0.15, 0.2) is 0 Å². The van der Waals surface area contributed by atoms with Gasteiger partial charge >= 0.3 is 5.97 Å². The van der Waals surface area contributed by atoms with Crippen molar-refractivity contribution in [1.29, 1.82) is 0 Å². The number of likely N-dealkylation sites (tertiary alicyclic amines) is 1. The maximum Gasteiger partial charge on any atom is 0.328 e. The number of halogens is 1. The molecule has 0 radical (unpaired) electrons. The monoisotopic (exact) mass is 349 g/mol. The molecule has 2 aromatic rings. The average Bonchev–Trinajstić information content (AvgIpc) is 2.91. The summed E-state index contributed by atoms with van der Waals surface area (Å²) in [4.78, 5) is 27.4. The van der Waals surface area contributed by atoms with Gasteiger partial charge in [0.05, 0.1) is 11.5 Å². The van der Waals surface area contributed by atoms with Crippen LogP contribution in [-0.2, 0) is 9.53 Å². The van der Waals surface area contributed by atoms with Crippen LogP contribution in [0.25, 0.3) is 10.1 Å². The first-order chi connectivity index (χ1) is 11.5. The second kappa shape index (κ2) is 6.89. The molecule has 1 saturated heterocycles. The largest absolute Gasteiger partial charge is 0.464 e. The Morgan fingerprint density at radius 1 is 1.38 bits per heavy atom. The zero-order valence-electron chi connectivity index (χ0n) is 13.8. The smallest absolute Gasteiger partial charge is 0.328 e. The summed E-state index contributed by atoms with van der Waals surface area (Å²) < 4.78 is 19.5. The SMILES string of the molecule is CCOC(=O)C1CCCCN1C(=O)c1sc2ccc(F)cc2c1C. The number of hydrogen-bond acceptors (Lipinski definition) is 4. The second-order valence-electron chi connectivity index (χ2n) is 5.96. The highest BCUT2D eigenvalue weighted by molar-refractivity contribution is 7.21. The van der Waals surface area contributed by atoms with Gasteiger partial charge in [0.2, 0.25) is 0 Å². The zero-order valence-corrected chi connectivity index (χ0v) is 14.6. The summed E-state index contributed by atoms with van der Waals surface area (Å²) in [5.41, 5.74) is 0.771. The summed E-state index contributed by atoms with van der Waals surface area (Å²) in [6.45, 7) is 4.44. The molecule has 1 amide bonds. The maximum atomic E-state index is 13.5. The third kappa shape index (κ3) is 3.02. The number of fused-ring (bicyclic) bond motifs is 1. The molecule has 1 aliphatic rings. The number of piperidine rings is 1. The zero-order chi connectivity index (χ0) is 17.3. The lowest BCUT2D eigenvalue weighted by atomic mass is 10.0. The van der Waals surface area contributed by atoms with Gasteiger partial charge < -0.3 is 9.64 Å². The van der Waals surface area contributed by atoms with Crippen molar-refractivity contribution in [3.05, 3.63) is 34.5 Å². The van der Waals surface area contributed by atoms with Crippen molar-refractivity contribution >= 4 is 33.3 Å². The lowest BCUT2D eigenvalue weighted by Crippen LogP contribution is -2.48. The van der Waals surface area contributed by atoms with Crippen LogP contribution in [0.15, 0.2) is 18.2 Å². The van der Waals surface area contributed by atoms with E-state index in [0.29, 0.717) is 24.4 Å². The van der Waals surface area contributed by atoms with E-state index in [0.717, 1.165) is 28.5 Å². The Morgan fingerprint density at radius 3 is 2.92 bits per heavy atom. The number of amides is 1. The van der Waals surface area contributed by atoms with Crippen LogP contribution in [0.3, 0.4) is 0 Å². The van der Waals surface area contributed by atoms with Gasteiger partial charge in [0.25, 0.3) is 5.91 Å². The molecule has 1 aromatic carbocycles. The van der Waals surface area contributed by atoms with Crippen molar-refractivity contribution in [3.63, 3.8) is 0 Å². The first-order valence-electron chi connectivity index (χ1n) is 8.19. The number of hydrogen-bond donors (Lipinski definition) is 0. The molecule has 6 heteroatoms. The highest BCUT2D eigenvalue weighted by atomic mass is 32.1. The normalized spacial score (nSPS) is 18.0. The minimum Gasteiger partial charge on any atom is -0.464 e. The molecule has 0 bridgehead atoms. The second-order valence-corrected chi connectivity index (χ2v) is 7.01. The number of benzene rings is 1. The van der Waals surface area contributed by atoms with E-state index < -0.39 is 6.04 Å². The van der Waals surface area contributed by atoms with Crippen LogP contribution < -0.4 is 0 Å². The van der Waals surface area contributed by atoms with Crippen LogP contribution in [0, 0.1) is 12.7 Å². The molecule has 0 N–H and O–H groups in total. The molecule has 0 aliphatic carbocycles. The van der Waals surface area contributed by atoms with Crippen LogP contribution in [0.1, 0.15) is 41.4 Å². The number of carbonyl (C=O) groups excluding carboxylic acids is 2. The fourth-order valence-corrected chi connectivity index (χ4v) is 4.33. The molecule has 1 aromatic heterocycles. The predicted molar refractivity (Wildman–Crippen MR) is 91.8 cm³/mol. The number of thiophene rings is 1. The van der Waals surface area contributed by atoms with E-state index in [1.165, 1.54) is 23.5 Å². The van der Waals surface area contributed by atoms with Gasteiger partial charge in [-0.15, -0.1) is 11.3 Å². The molecular formula is C18H20FNO3S. The van der Waals surface area contributed by atoms with Crippen LogP contribution in [0.2, 0.25) is 0 Å². The first-order valence-corrected chi connectivity index (χ1v) is 9.00. The molecule has 0 saturated carbocycles. The number of carbonyl (C=O) groups is 2. The van der Waals surface area contributed by atoms with E-state index in [1.54, 1.807) is 17.9 Å². The summed E-state index contributed by atoms with van der Waals surface area (Å²) in [5, 5.41) is 0.757. The highest BCUT2D eigenvalue weighted by Crippen LogP contribution is 2.33. The number of nitrogens with zero attached hydrogens (tertiary/aromatic N) is 1. The van der Waals surface area contributed by atoms with Crippen molar-refractivity contribution < 1.29 is 18.7 Å². The van der Waals surface area contributed by atoms with Crippen molar-refractivity contribution in [1.82, 2.24) is 4.90 Å². The quantitative estimate of drug-likeness (QED) is 0.790. The third-order valence-corrected chi connectivity index (χ3v) is 5.68. The minimum absolute atomic E-state index is 0.160. The molecule has 128 valence electrons. The fourth-order valence-electron chi connectivity index (χ4n) is 3.19. The molecule has 1 unspecified atom stereocenters. The number of esters is 1. The summed E-state index contributed by atoms with van der Waals surface area (Å²) in [5.74, 6) is -0.813.